The summed E-state index contributed by atoms with van der Waals surface area (Å²) in [5.74, 6) is -0.387. The van der Waals surface area contributed by atoms with Crippen LogP contribution in [0, 0.1) is 0 Å². The maximum absolute atomic E-state index is 12.6. The Hall–Kier alpha value is -0.380. The molecular weight excluding hydrogens is 359 g/mol. The third-order valence-electron chi connectivity index (χ3n) is 3.24. The van der Waals surface area contributed by atoms with Gasteiger partial charge in [-0.05, 0) is 17.7 Å². The molecule has 0 unspecified atom stereocenters. The zero-order valence-electron chi connectivity index (χ0n) is 10.9. The number of sulfonamides is 1. The Kier molecular flexibility index (Phi) is 4.87. The predicted molar refractivity (Wildman–Crippen MR) is 81.8 cm³/mol. The van der Waals surface area contributed by atoms with E-state index in [9.17, 15) is 16.8 Å². The first-order valence-electron chi connectivity index (χ1n) is 6.06. The maximum Gasteiger partial charge on any atom is 0.244 e. The molecule has 1 aromatic carbocycles. The fourth-order valence-corrected chi connectivity index (χ4v) is 5.72. The Labute approximate surface area is 133 Å². The summed E-state index contributed by atoms with van der Waals surface area (Å²) in [5, 5.41) is 0.285. The molecule has 1 aromatic rings. The number of sulfone groups is 1. The van der Waals surface area contributed by atoms with E-state index in [2.05, 4.69) is 0 Å². The van der Waals surface area contributed by atoms with E-state index in [4.69, 9.17) is 28.9 Å². The fourth-order valence-electron chi connectivity index (χ4n) is 2.00. The lowest BCUT2D eigenvalue weighted by Crippen LogP contribution is -2.43. The third-order valence-corrected chi connectivity index (χ3v) is 7.57. The summed E-state index contributed by atoms with van der Waals surface area (Å²) in [6, 6.07) is 2.67. The minimum Gasteiger partial charge on any atom is -0.326 e. The van der Waals surface area contributed by atoms with Gasteiger partial charge >= 0.3 is 0 Å². The highest BCUT2D eigenvalue weighted by atomic mass is 35.5. The summed E-state index contributed by atoms with van der Waals surface area (Å²) in [7, 11) is -7.04. The molecule has 0 aromatic heterocycles. The summed E-state index contributed by atoms with van der Waals surface area (Å²) < 4.78 is 49.0. The van der Waals surface area contributed by atoms with Crippen molar-refractivity contribution < 1.29 is 16.8 Å². The van der Waals surface area contributed by atoms with Crippen molar-refractivity contribution in [2.24, 2.45) is 5.73 Å². The van der Waals surface area contributed by atoms with Crippen molar-refractivity contribution in [3.8, 4) is 0 Å². The van der Waals surface area contributed by atoms with Crippen LogP contribution in [-0.2, 0) is 26.4 Å². The van der Waals surface area contributed by atoms with Crippen molar-refractivity contribution in [3.63, 3.8) is 0 Å². The van der Waals surface area contributed by atoms with Gasteiger partial charge in [0.25, 0.3) is 0 Å². The summed E-state index contributed by atoms with van der Waals surface area (Å²) >= 11 is 11.9. The zero-order chi connectivity index (χ0) is 15.8. The number of benzene rings is 1. The van der Waals surface area contributed by atoms with Crippen molar-refractivity contribution in [1.82, 2.24) is 4.31 Å². The molecule has 0 bridgehead atoms. The van der Waals surface area contributed by atoms with Crippen LogP contribution in [0.2, 0.25) is 10.0 Å². The monoisotopic (exact) mass is 372 g/mol. The van der Waals surface area contributed by atoms with E-state index in [-0.39, 0.29) is 41.1 Å². The van der Waals surface area contributed by atoms with E-state index in [1.165, 1.54) is 12.1 Å². The van der Waals surface area contributed by atoms with Gasteiger partial charge in [-0.2, -0.15) is 4.31 Å². The summed E-state index contributed by atoms with van der Waals surface area (Å²) in [5.41, 5.74) is 5.97. The third kappa shape index (κ3) is 3.52. The van der Waals surface area contributed by atoms with E-state index in [1.54, 1.807) is 0 Å². The van der Waals surface area contributed by atoms with E-state index in [0.29, 0.717) is 10.6 Å². The molecule has 0 radical (unpaired) electrons. The van der Waals surface area contributed by atoms with Gasteiger partial charge < -0.3 is 5.73 Å². The first-order valence-corrected chi connectivity index (χ1v) is 10.1. The number of hydrogen-bond donors (Lipinski definition) is 1. The molecule has 0 spiro atoms. The van der Waals surface area contributed by atoms with Crippen molar-refractivity contribution in [1.29, 1.82) is 0 Å². The first-order chi connectivity index (χ1) is 9.67. The zero-order valence-corrected chi connectivity index (χ0v) is 14.1. The number of nitrogens with zero attached hydrogens (tertiary/aromatic N) is 1. The Bertz CT molecular complexity index is 749. The van der Waals surface area contributed by atoms with Gasteiger partial charge in [0.05, 0.1) is 16.5 Å². The molecule has 1 aliphatic rings. The molecule has 0 amide bonds. The fraction of sp³-hybridized carbons (Fsp3) is 0.455. The molecular formula is C11H14Cl2N2O4S2. The topological polar surface area (TPSA) is 97.5 Å². The molecule has 1 aliphatic heterocycles. The molecule has 1 heterocycles. The van der Waals surface area contributed by atoms with E-state index in [0.717, 1.165) is 4.31 Å². The molecule has 0 aliphatic carbocycles. The second-order valence-electron chi connectivity index (χ2n) is 4.63. The number of nitrogens with two attached hydrogens (primary N) is 1. The molecule has 2 N–H and O–H groups in total. The van der Waals surface area contributed by atoms with Crippen molar-refractivity contribution in [2.45, 2.75) is 11.4 Å². The average Bonchev–Trinajstić information content (AvgIpc) is 2.38. The minimum absolute atomic E-state index is 0.00868. The van der Waals surface area contributed by atoms with Crippen LogP contribution in [-0.4, -0.2) is 45.7 Å². The molecule has 21 heavy (non-hydrogen) atoms. The summed E-state index contributed by atoms with van der Waals surface area (Å²) in [6.45, 7) is -0.0872. The highest BCUT2D eigenvalue weighted by Crippen LogP contribution is 2.31. The van der Waals surface area contributed by atoms with Gasteiger partial charge in [-0.1, -0.05) is 23.2 Å². The Balaban J connectivity index is 2.41. The van der Waals surface area contributed by atoms with Crippen molar-refractivity contribution in [3.05, 3.63) is 27.7 Å². The average molecular weight is 373 g/mol. The second kappa shape index (κ2) is 6.02. The number of rotatable bonds is 3. The minimum atomic E-state index is -3.87. The van der Waals surface area contributed by atoms with Crippen molar-refractivity contribution in [2.75, 3.05) is 24.6 Å². The van der Waals surface area contributed by atoms with Crippen LogP contribution in [0.25, 0.3) is 0 Å². The second-order valence-corrected chi connectivity index (χ2v) is 9.66. The van der Waals surface area contributed by atoms with Gasteiger partial charge in [0, 0.05) is 24.7 Å². The van der Waals surface area contributed by atoms with Gasteiger partial charge in [-0.3, -0.25) is 0 Å². The standard InChI is InChI=1S/C11H14Cl2N2O4S2/c12-9-6-10(13)11(5-8(9)7-14)21(18,19)15-1-3-20(16,17)4-2-15/h5-6H,1-4,7,14H2. The Morgan fingerprint density at radius 2 is 1.71 bits per heavy atom. The molecule has 10 heteroatoms. The van der Waals surface area contributed by atoms with Gasteiger partial charge in [0.1, 0.15) is 4.90 Å². The maximum atomic E-state index is 12.6. The van der Waals surface area contributed by atoms with Crippen LogP contribution in [0.1, 0.15) is 5.56 Å². The SMILES string of the molecule is NCc1cc(S(=O)(=O)N2CCS(=O)(=O)CC2)c(Cl)cc1Cl. The Morgan fingerprint density at radius 1 is 1.14 bits per heavy atom. The van der Waals surface area contributed by atoms with Gasteiger partial charge in [0.2, 0.25) is 10.0 Å². The quantitative estimate of drug-likeness (QED) is 0.848. The van der Waals surface area contributed by atoms with Gasteiger partial charge in [-0.25, -0.2) is 16.8 Å². The lowest BCUT2D eigenvalue weighted by atomic mass is 10.2. The highest BCUT2D eigenvalue weighted by Gasteiger charge is 2.32. The Morgan fingerprint density at radius 3 is 2.24 bits per heavy atom. The summed E-state index contributed by atoms with van der Waals surface area (Å²) in [4.78, 5) is -0.103. The van der Waals surface area contributed by atoms with Crippen LogP contribution in [0.4, 0.5) is 0 Å². The van der Waals surface area contributed by atoms with E-state index >= 15 is 0 Å². The van der Waals surface area contributed by atoms with Crippen LogP contribution >= 0.6 is 23.2 Å². The van der Waals surface area contributed by atoms with Crippen LogP contribution < -0.4 is 5.73 Å². The van der Waals surface area contributed by atoms with Crippen LogP contribution in [0.5, 0.6) is 0 Å². The molecule has 6 nitrogen and oxygen atoms in total. The lowest BCUT2D eigenvalue weighted by molar-refractivity contribution is 0.431. The molecule has 0 saturated carbocycles. The largest absolute Gasteiger partial charge is 0.326 e. The normalized spacial score (nSPS) is 19.6. The molecule has 2 rings (SSSR count). The van der Waals surface area contributed by atoms with Crippen LogP contribution in [0.15, 0.2) is 17.0 Å². The smallest absolute Gasteiger partial charge is 0.244 e. The van der Waals surface area contributed by atoms with Gasteiger partial charge in [-0.15, -0.1) is 0 Å². The lowest BCUT2D eigenvalue weighted by Gasteiger charge is -2.26. The molecule has 0 atom stereocenters. The van der Waals surface area contributed by atoms with E-state index < -0.39 is 19.9 Å². The number of halogens is 2. The van der Waals surface area contributed by atoms with E-state index in [1.807, 2.05) is 0 Å². The number of hydrogen-bond acceptors (Lipinski definition) is 5. The van der Waals surface area contributed by atoms with Crippen LogP contribution in [0.3, 0.4) is 0 Å². The highest BCUT2D eigenvalue weighted by molar-refractivity contribution is 7.92. The van der Waals surface area contributed by atoms with Gasteiger partial charge in [0.15, 0.2) is 9.84 Å². The molecule has 118 valence electrons. The first kappa shape index (κ1) is 17.0. The molecule has 1 fully saturated rings. The van der Waals surface area contributed by atoms with Crippen molar-refractivity contribution >= 4 is 43.1 Å². The molecule has 1 saturated heterocycles. The summed E-state index contributed by atoms with van der Waals surface area (Å²) in [6.07, 6.45) is 0. The predicted octanol–water partition coefficient (Wildman–Crippen LogP) is 0.871.